The summed E-state index contributed by atoms with van der Waals surface area (Å²) in [4.78, 5) is 1.10. The van der Waals surface area contributed by atoms with Gasteiger partial charge in [0.1, 0.15) is 6.07 Å². The molecule has 0 saturated carbocycles. The van der Waals surface area contributed by atoms with Gasteiger partial charge in [-0.2, -0.15) is 5.26 Å². The second-order valence-corrected chi connectivity index (χ2v) is 3.59. The Morgan fingerprint density at radius 1 is 1.29 bits per heavy atom. The number of hydrogen-bond acceptors (Lipinski definition) is 2. The normalized spacial score (nSPS) is 8.43. The van der Waals surface area contributed by atoms with Gasteiger partial charge < -0.3 is 0 Å². The smallest absolute Gasteiger partial charge is 0.100 e. The third-order valence-electron chi connectivity index (χ3n) is 1.47. The van der Waals surface area contributed by atoms with Gasteiger partial charge in [0.2, 0.25) is 0 Å². The monoisotopic (exact) mass is 207 g/mol. The second-order valence-electron chi connectivity index (χ2n) is 2.46. The molecule has 0 N–H and O–H groups in total. The van der Waals surface area contributed by atoms with Crippen molar-refractivity contribution < 1.29 is 0 Å². The van der Waals surface area contributed by atoms with Crippen molar-refractivity contribution in [1.82, 2.24) is 0 Å². The summed E-state index contributed by atoms with van der Waals surface area (Å²) in [5.74, 6) is 1.08. The Bertz CT molecular complexity index is 289. The Morgan fingerprint density at radius 2 is 1.93 bits per heavy atom. The molecule has 76 valence electrons. The summed E-state index contributed by atoms with van der Waals surface area (Å²) in [5, 5.41) is 8.75. The maximum absolute atomic E-state index is 8.75. The van der Waals surface area contributed by atoms with Gasteiger partial charge in [-0.05, 0) is 24.3 Å². The average molecular weight is 207 g/mol. The number of nitrogens with zero attached hydrogens (tertiary/aromatic N) is 1. The summed E-state index contributed by atoms with van der Waals surface area (Å²) >= 11 is 1.75. The van der Waals surface area contributed by atoms with Gasteiger partial charge in [-0.3, -0.25) is 0 Å². The molecule has 0 bridgehead atoms. The highest BCUT2D eigenvalue weighted by Gasteiger charge is 1.98. The van der Waals surface area contributed by atoms with Crippen molar-refractivity contribution in [2.24, 2.45) is 0 Å². The van der Waals surface area contributed by atoms with Crippen LogP contribution in [0.2, 0.25) is 0 Å². The van der Waals surface area contributed by atoms with Crippen LogP contribution in [-0.4, -0.2) is 5.75 Å². The first-order valence-corrected chi connectivity index (χ1v) is 5.99. The maximum atomic E-state index is 8.75. The fraction of sp³-hybridized carbons (Fsp3) is 0.417. The van der Waals surface area contributed by atoms with Crippen LogP contribution in [0.4, 0.5) is 0 Å². The van der Waals surface area contributed by atoms with E-state index >= 15 is 0 Å². The number of benzene rings is 1. The third-order valence-corrected chi connectivity index (χ3v) is 2.75. The predicted octanol–water partition coefficient (Wildman–Crippen LogP) is 4.09. The first-order chi connectivity index (χ1) is 6.88. The van der Waals surface area contributed by atoms with Crippen LogP contribution in [0.5, 0.6) is 0 Å². The standard InChI is InChI=1S/C10H11NS.C2H6/c1-2-7-12-10-6-4-3-5-9(10)8-11;1-2/h3-6H,2,7H2,1H3;1-2H3. The molecule has 0 aromatic heterocycles. The van der Waals surface area contributed by atoms with Crippen molar-refractivity contribution in [3.8, 4) is 6.07 Å². The van der Waals surface area contributed by atoms with E-state index in [1.807, 2.05) is 38.1 Å². The van der Waals surface area contributed by atoms with Gasteiger partial charge in [-0.1, -0.05) is 32.9 Å². The van der Waals surface area contributed by atoms with E-state index in [2.05, 4.69) is 13.0 Å². The fourth-order valence-corrected chi connectivity index (χ4v) is 1.76. The summed E-state index contributed by atoms with van der Waals surface area (Å²) in [6, 6.07) is 9.91. The molecule has 0 unspecified atom stereocenters. The van der Waals surface area contributed by atoms with E-state index < -0.39 is 0 Å². The Morgan fingerprint density at radius 3 is 2.50 bits per heavy atom. The minimum absolute atomic E-state index is 0.788. The van der Waals surface area contributed by atoms with Crippen molar-refractivity contribution in [2.75, 3.05) is 5.75 Å². The highest BCUT2D eigenvalue weighted by atomic mass is 32.2. The lowest BCUT2D eigenvalue weighted by molar-refractivity contribution is 1.10. The number of thioether (sulfide) groups is 1. The largest absolute Gasteiger partial charge is 0.192 e. The number of nitriles is 1. The molecule has 2 heteroatoms. The molecule has 1 nitrogen and oxygen atoms in total. The zero-order chi connectivity index (χ0) is 10.8. The highest BCUT2D eigenvalue weighted by molar-refractivity contribution is 7.99. The second kappa shape index (κ2) is 8.65. The first-order valence-electron chi connectivity index (χ1n) is 5.00. The maximum Gasteiger partial charge on any atom is 0.100 e. The van der Waals surface area contributed by atoms with Crippen molar-refractivity contribution in [1.29, 1.82) is 5.26 Å². The van der Waals surface area contributed by atoms with Crippen LogP contribution in [0.3, 0.4) is 0 Å². The van der Waals surface area contributed by atoms with Crippen molar-refractivity contribution in [3.05, 3.63) is 29.8 Å². The summed E-state index contributed by atoms with van der Waals surface area (Å²) < 4.78 is 0. The molecule has 0 aliphatic rings. The van der Waals surface area contributed by atoms with Gasteiger partial charge in [-0.25, -0.2) is 0 Å². The minimum Gasteiger partial charge on any atom is -0.192 e. The van der Waals surface area contributed by atoms with E-state index in [1.165, 1.54) is 0 Å². The predicted molar refractivity (Wildman–Crippen MR) is 63.5 cm³/mol. The lowest BCUT2D eigenvalue weighted by atomic mass is 10.2. The van der Waals surface area contributed by atoms with Crippen molar-refractivity contribution >= 4 is 11.8 Å². The van der Waals surface area contributed by atoms with Crippen LogP contribution in [0.15, 0.2) is 29.2 Å². The van der Waals surface area contributed by atoms with Crippen LogP contribution in [-0.2, 0) is 0 Å². The Balaban J connectivity index is 0.000000791. The molecule has 0 atom stereocenters. The van der Waals surface area contributed by atoms with Gasteiger partial charge >= 0.3 is 0 Å². The quantitative estimate of drug-likeness (QED) is 0.697. The van der Waals surface area contributed by atoms with Crippen LogP contribution in [0.1, 0.15) is 32.8 Å². The van der Waals surface area contributed by atoms with Crippen molar-refractivity contribution in [3.63, 3.8) is 0 Å². The topological polar surface area (TPSA) is 23.8 Å². The van der Waals surface area contributed by atoms with Gasteiger partial charge in [0, 0.05) is 4.90 Å². The molecular weight excluding hydrogens is 190 g/mol. The Hall–Kier alpha value is -0.940. The molecule has 1 rings (SSSR count). The number of hydrogen-bond donors (Lipinski definition) is 0. The SMILES string of the molecule is CC.CCCSc1ccccc1C#N. The minimum atomic E-state index is 0.788. The molecular formula is C12H17NS. The average Bonchev–Trinajstić information content (AvgIpc) is 2.29. The highest BCUT2D eigenvalue weighted by Crippen LogP contribution is 2.22. The zero-order valence-corrected chi connectivity index (χ0v) is 9.90. The third kappa shape index (κ3) is 4.34. The molecule has 0 aliphatic carbocycles. The van der Waals surface area contributed by atoms with Gasteiger partial charge in [0.15, 0.2) is 0 Å². The van der Waals surface area contributed by atoms with E-state index in [0.29, 0.717) is 0 Å². The summed E-state index contributed by atoms with van der Waals surface area (Å²) in [5.41, 5.74) is 0.788. The van der Waals surface area contributed by atoms with E-state index in [9.17, 15) is 0 Å². The van der Waals surface area contributed by atoms with E-state index in [-0.39, 0.29) is 0 Å². The van der Waals surface area contributed by atoms with E-state index in [0.717, 1.165) is 22.6 Å². The van der Waals surface area contributed by atoms with Crippen LogP contribution < -0.4 is 0 Å². The molecule has 1 aromatic rings. The van der Waals surface area contributed by atoms with Crippen molar-refractivity contribution in [2.45, 2.75) is 32.1 Å². The molecule has 0 spiro atoms. The summed E-state index contributed by atoms with van der Waals surface area (Å²) in [6.45, 7) is 6.14. The Kier molecular flexibility index (Phi) is 8.07. The summed E-state index contributed by atoms with van der Waals surface area (Å²) in [6.07, 6.45) is 1.14. The van der Waals surface area contributed by atoms with Crippen LogP contribution >= 0.6 is 11.8 Å². The molecule has 0 saturated heterocycles. The fourth-order valence-electron chi connectivity index (χ4n) is 0.897. The molecule has 0 aliphatic heterocycles. The van der Waals surface area contributed by atoms with Gasteiger partial charge in [0.05, 0.1) is 5.56 Å². The molecule has 1 aromatic carbocycles. The number of rotatable bonds is 3. The van der Waals surface area contributed by atoms with Gasteiger partial charge in [0.25, 0.3) is 0 Å². The molecule has 0 heterocycles. The lowest BCUT2D eigenvalue weighted by Crippen LogP contribution is -1.81. The zero-order valence-electron chi connectivity index (χ0n) is 9.08. The lowest BCUT2D eigenvalue weighted by Gasteiger charge is -2.00. The van der Waals surface area contributed by atoms with E-state index in [4.69, 9.17) is 5.26 Å². The molecule has 14 heavy (non-hydrogen) atoms. The molecule has 0 amide bonds. The van der Waals surface area contributed by atoms with Crippen LogP contribution in [0.25, 0.3) is 0 Å². The first kappa shape index (κ1) is 13.1. The van der Waals surface area contributed by atoms with E-state index in [1.54, 1.807) is 11.8 Å². The molecule has 0 fully saturated rings. The molecule has 0 radical (unpaired) electrons. The summed E-state index contributed by atoms with van der Waals surface area (Å²) in [7, 11) is 0. The van der Waals surface area contributed by atoms with Gasteiger partial charge in [-0.15, -0.1) is 11.8 Å². The van der Waals surface area contributed by atoms with Crippen LogP contribution in [0, 0.1) is 11.3 Å². The Labute approximate surface area is 91.1 Å².